The van der Waals surface area contributed by atoms with Crippen molar-refractivity contribution >= 4 is 5.71 Å². The van der Waals surface area contributed by atoms with E-state index < -0.39 is 0 Å². The Labute approximate surface area is 106 Å². The van der Waals surface area contributed by atoms with Gasteiger partial charge in [0.1, 0.15) is 5.71 Å². The Kier molecular flexibility index (Phi) is 2.81. The van der Waals surface area contributed by atoms with Gasteiger partial charge in [-0.05, 0) is 30.0 Å². The lowest BCUT2D eigenvalue weighted by Crippen LogP contribution is -2.07. The first-order valence-corrected chi connectivity index (χ1v) is 6.08. The maximum absolute atomic E-state index is 9.20. The molecule has 90 valence electrons. The Hall–Kier alpha value is -2.16. The lowest BCUT2D eigenvalue weighted by molar-refractivity contribution is 0.317. The van der Waals surface area contributed by atoms with E-state index in [9.17, 15) is 5.21 Å². The molecule has 2 atom stereocenters. The Bertz CT molecular complexity index is 551. The van der Waals surface area contributed by atoms with E-state index in [0.717, 1.165) is 12.1 Å². The summed E-state index contributed by atoms with van der Waals surface area (Å²) in [5.41, 5.74) is 2.77. The normalized spacial score (nSPS) is 22.8. The van der Waals surface area contributed by atoms with Crippen LogP contribution in [0.25, 0.3) is 0 Å². The van der Waals surface area contributed by atoms with Gasteiger partial charge in [-0.2, -0.15) is 0 Å². The molecule has 1 aliphatic carbocycles. The van der Waals surface area contributed by atoms with E-state index in [2.05, 4.69) is 22.3 Å². The van der Waals surface area contributed by atoms with Crippen LogP contribution in [0, 0.1) is 5.92 Å². The van der Waals surface area contributed by atoms with Gasteiger partial charge in [0.15, 0.2) is 0 Å². The van der Waals surface area contributed by atoms with Crippen LogP contribution in [0.3, 0.4) is 0 Å². The molecule has 1 fully saturated rings. The number of aromatic nitrogens is 1. The van der Waals surface area contributed by atoms with E-state index in [0.29, 0.717) is 11.6 Å². The molecular weight excluding hydrogens is 224 g/mol. The van der Waals surface area contributed by atoms with Crippen LogP contribution in [0.4, 0.5) is 0 Å². The number of benzene rings is 1. The molecule has 1 aromatic heterocycles. The first-order valence-electron chi connectivity index (χ1n) is 6.08. The Morgan fingerprint density at radius 3 is 2.56 bits per heavy atom. The summed E-state index contributed by atoms with van der Waals surface area (Å²) in [6, 6.07) is 16.0. The van der Waals surface area contributed by atoms with Crippen LogP contribution in [0.1, 0.15) is 23.6 Å². The van der Waals surface area contributed by atoms with Crippen LogP contribution in [0.15, 0.2) is 59.9 Å². The minimum absolute atomic E-state index is 0.285. The number of hydrogen-bond donors (Lipinski definition) is 1. The molecule has 1 aromatic carbocycles. The Balaban J connectivity index is 1.82. The van der Waals surface area contributed by atoms with Gasteiger partial charge in [0.25, 0.3) is 0 Å². The van der Waals surface area contributed by atoms with Crippen molar-refractivity contribution in [1.82, 2.24) is 4.98 Å². The van der Waals surface area contributed by atoms with E-state index in [-0.39, 0.29) is 5.92 Å². The topological polar surface area (TPSA) is 45.5 Å². The fraction of sp³-hybridized carbons (Fsp3) is 0.200. The zero-order chi connectivity index (χ0) is 12.4. The number of oxime groups is 1. The average molecular weight is 238 g/mol. The average Bonchev–Trinajstić information content (AvgIpc) is 3.22. The third-order valence-corrected chi connectivity index (χ3v) is 3.40. The summed E-state index contributed by atoms with van der Waals surface area (Å²) in [6.45, 7) is 0. The molecule has 2 unspecified atom stereocenters. The smallest absolute Gasteiger partial charge is 0.109 e. The van der Waals surface area contributed by atoms with Gasteiger partial charge in [0, 0.05) is 12.1 Å². The third kappa shape index (κ3) is 1.99. The molecule has 0 amide bonds. The summed E-state index contributed by atoms with van der Waals surface area (Å²) in [6.07, 6.45) is 2.75. The van der Waals surface area contributed by atoms with E-state index >= 15 is 0 Å². The van der Waals surface area contributed by atoms with Crippen LogP contribution >= 0.6 is 0 Å². The highest BCUT2D eigenvalue weighted by atomic mass is 16.4. The van der Waals surface area contributed by atoms with Gasteiger partial charge < -0.3 is 5.21 Å². The van der Waals surface area contributed by atoms with Crippen molar-refractivity contribution in [1.29, 1.82) is 0 Å². The molecule has 3 heteroatoms. The molecule has 1 heterocycles. The summed E-state index contributed by atoms with van der Waals surface area (Å²) in [4.78, 5) is 4.25. The van der Waals surface area contributed by atoms with E-state index in [1.54, 1.807) is 6.20 Å². The molecule has 0 bridgehead atoms. The fourth-order valence-corrected chi connectivity index (χ4v) is 2.40. The summed E-state index contributed by atoms with van der Waals surface area (Å²) in [5.74, 6) is 0.742. The van der Waals surface area contributed by atoms with Crippen LogP contribution in [-0.2, 0) is 0 Å². The molecule has 1 N–H and O–H groups in total. The van der Waals surface area contributed by atoms with Gasteiger partial charge in [-0.3, -0.25) is 4.98 Å². The molecule has 0 saturated heterocycles. The molecule has 18 heavy (non-hydrogen) atoms. The van der Waals surface area contributed by atoms with Crippen molar-refractivity contribution in [3.63, 3.8) is 0 Å². The maximum Gasteiger partial charge on any atom is 0.109 e. The van der Waals surface area contributed by atoms with Gasteiger partial charge in [0.05, 0.1) is 5.69 Å². The summed E-state index contributed by atoms with van der Waals surface area (Å²) in [5, 5.41) is 12.7. The van der Waals surface area contributed by atoms with Crippen LogP contribution in [0.2, 0.25) is 0 Å². The second-order valence-corrected chi connectivity index (χ2v) is 4.56. The number of pyridine rings is 1. The molecule has 1 aliphatic rings. The molecule has 0 spiro atoms. The first-order chi connectivity index (χ1) is 8.90. The van der Waals surface area contributed by atoms with E-state index in [1.807, 2.05) is 36.4 Å². The van der Waals surface area contributed by atoms with Crippen LogP contribution in [0.5, 0.6) is 0 Å². The predicted molar refractivity (Wildman–Crippen MR) is 69.9 cm³/mol. The third-order valence-electron chi connectivity index (χ3n) is 3.40. The Morgan fingerprint density at radius 1 is 1.11 bits per heavy atom. The zero-order valence-electron chi connectivity index (χ0n) is 9.90. The molecule has 0 aliphatic heterocycles. The molecular formula is C15H14N2O. The Morgan fingerprint density at radius 2 is 1.89 bits per heavy atom. The first kappa shape index (κ1) is 11.0. The zero-order valence-corrected chi connectivity index (χ0v) is 9.90. The van der Waals surface area contributed by atoms with Crippen LogP contribution in [-0.4, -0.2) is 15.9 Å². The van der Waals surface area contributed by atoms with Crippen molar-refractivity contribution in [2.75, 3.05) is 0 Å². The van der Waals surface area contributed by atoms with Gasteiger partial charge >= 0.3 is 0 Å². The minimum atomic E-state index is 0.285. The second kappa shape index (κ2) is 4.61. The van der Waals surface area contributed by atoms with E-state index in [4.69, 9.17) is 0 Å². The summed E-state index contributed by atoms with van der Waals surface area (Å²) >= 11 is 0. The molecule has 3 rings (SSSR count). The molecule has 3 nitrogen and oxygen atoms in total. The van der Waals surface area contributed by atoms with Gasteiger partial charge in [-0.15, -0.1) is 0 Å². The van der Waals surface area contributed by atoms with Crippen molar-refractivity contribution in [2.45, 2.75) is 12.3 Å². The van der Waals surface area contributed by atoms with Gasteiger partial charge in [-0.1, -0.05) is 41.6 Å². The predicted octanol–water partition coefficient (Wildman–Crippen LogP) is 3.06. The monoisotopic (exact) mass is 238 g/mol. The quantitative estimate of drug-likeness (QED) is 0.507. The SMILES string of the molecule is O/N=C(\c1ccccn1)C1CC1c1ccccc1. The summed E-state index contributed by atoms with van der Waals surface area (Å²) in [7, 11) is 0. The maximum atomic E-state index is 9.20. The lowest BCUT2D eigenvalue weighted by atomic mass is 10.1. The van der Waals surface area contributed by atoms with Crippen molar-refractivity contribution in [2.24, 2.45) is 11.1 Å². The standard InChI is InChI=1S/C15H14N2O/c18-17-15(14-8-4-5-9-16-14)13-10-12(13)11-6-2-1-3-7-11/h1-9,12-13,18H,10H2/b17-15-. The van der Waals surface area contributed by atoms with Crippen LogP contribution < -0.4 is 0 Å². The number of hydrogen-bond acceptors (Lipinski definition) is 3. The lowest BCUT2D eigenvalue weighted by Gasteiger charge is -2.03. The van der Waals surface area contributed by atoms with Gasteiger partial charge in [0.2, 0.25) is 0 Å². The highest BCUT2D eigenvalue weighted by molar-refractivity contribution is 6.02. The number of rotatable bonds is 3. The molecule has 1 saturated carbocycles. The van der Waals surface area contributed by atoms with E-state index in [1.165, 1.54) is 5.56 Å². The van der Waals surface area contributed by atoms with Crippen molar-refractivity contribution in [3.05, 3.63) is 66.0 Å². The highest BCUT2D eigenvalue weighted by Crippen LogP contribution is 2.49. The highest BCUT2D eigenvalue weighted by Gasteiger charge is 2.43. The molecule has 2 aromatic rings. The van der Waals surface area contributed by atoms with Gasteiger partial charge in [-0.25, -0.2) is 0 Å². The van der Waals surface area contributed by atoms with Crippen molar-refractivity contribution in [3.8, 4) is 0 Å². The summed E-state index contributed by atoms with van der Waals surface area (Å²) < 4.78 is 0. The molecule has 0 radical (unpaired) electrons. The minimum Gasteiger partial charge on any atom is -0.411 e. The second-order valence-electron chi connectivity index (χ2n) is 4.56. The van der Waals surface area contributed by atoms with Crippen molar-refractivity contribution < 1.29 is 5.21 Å². The number of nitrogens with zero attached hydrogens (tertiary/aromatic N) is 2. The largest absolute Gasteiger partial charge is 0.411 e. The fourth-order valence-electron chi connectivity index (χ4n) is 2.40.